The minimum absolute atomic E-state index is 0. The third-order valence-corrected chi connectivity index (χ3v) is 3.78. The Bertz CT molecular complexity index is 542. The molecule has 0 unspecified atom stereocenters. The summed E-state index contributed by atoms with van der Waals surface area (Å²) in [5.74, 6) is -0.513. The van der Waals surface area contributed by atoms with Gasteiger partial charge < -0.3 is 4.72 Å². The molecule has 0 atom stereocenters. The molecule has 1 amide bonds. The molecular weight excluding hydrogens is 267 g/mol. The summed E-state index contributed by atoms with van der Waals surface area (Å²) in [5.41, 5.74) is 0.537. The fourth-order valence-electron chi connectivity index (χ4n) is 1.63. The molecule has 7 heteroatoms. The molecule has 1 heterocycles. The Morgan fingerprint density at radius 2 is 1.82 bits per heavy atom. The predicted molar refractivity (Wildman–Crippen MR) is 59.7 cm³/mol. The first-order chi connectivity index (χ1) is 7.43. The smallest absolute Gasteiger partial charge is 0.558 e. The zero-order valence-corrected chi connectivity index (χ0v) is 13.9. The SMILES string of the molecule is CC(C)N1C(=O)c2ccccc2[N-]S1(=O)=O.[K+]. The number of carbonyl (C=O) groups excluding carboxylic acids is 1. The molecule has 1 aromatic carbocycles. The van der Waals surface area contributed by atoms with Crippen molar-refractivity contribution in [1.29, 1.82) is 0 Å². The second kappa shape index (κ2) is 5.37. The van der Waals surface area contributed by atoms with Gasteiger partial charge in [-0.15, -0.1) is 5.69 Å². The van der Waals surface area contributed by atoms with Crippen molar-refractivity contribution in [2.45, 2.75) is 19.9 Å². The maximum atomic E-state index is 12.0. The molecule has 0 fully saturated rings. The van der Waals surface area contributed by atoms with Gasteiger partial charge in [-0.05, 0) is 13.8 Å². The number of carbonyl (C=O) groups is 1. The first kappa shape index (κ1) is 15.1. The second-order valence-electron chi connectivity index (χ2n) is 3.78. The summed E-state index contributed by atoms with van der Waals surface area (Å²) in [6, 6.07) is 5.99. The van der Waals surface area contributed by atoms with Gasteiger partial charge in [0.25, 0.3) is 5.91 Å². The Hall–Kier alpha value is 0.0764. The van der Waals surface area contributed by atoms with Crippen molar-refractivity contribution in [3.63, 3.8) is 0 Å². The molecule has 1 aromatic rings. The van der Waals surface area contributed by atoms with Crippen LogP contribution in [-0.2, 0) is 10.2 Å². The summed E-state index contributed by atoms with van der Waals surface area (Å²) in [7, 11) is -3.88. The van der Waals surface area contributed by atoms with Crippen LogP contribution in [-0.4, -0.2) is 24.7 Å². The van der Waals surface area contributed by atoms with Crippen molar-refractivity contribution < 1.29 is 64.6 Å². The van der Waals surface area contributed by atoms with E-state index in [0.717, 1.165) is 4.31 Å². The third-order valence-electron chi connectivity index (χ3n) is 2.27. The maximum Gasteiger partial charge on any atom is 1.00 e. The van der Waals surface area contributed by atoms with E-state index < -0.39 is 22.2 Å². The summed E-state index contributed by atoms with van der Waals surface area (Å²) in [4.78, 5) is 12.0. The Labute approximate surface area is 143 Å². The number of benzene rings is 1. The van der Waals surface area contributed by atoms with Crippen LogP contribution in [0.4, 0.5) is 5.69 Å². The van der Waals surface area contributed by atoms with E-state index in [-0.39, 0.29) is 57.1 Å². The number of hydrogen-bond donors (Lipinski definition) is 0. The first-order valence-corrected chi connectivity index (χ1v) is 6.24. The van der Waals surface area contributed by atoms with E-state index in [1.807, 2.05) is 0 Å². The van der Waals surface area contributed by atoms with Crippen molar-refractivity contribution in [1.82, 2.24) is 4.31 Å². The van der Waals surface area contributed by atoms with Crippen molar-refractivity contribution in [2.24, 2.45) is 0 Å². The summed E-state index contributed by atoms with van der Waals surface area (Å²) in [5, 5.41) is 0. The van der Waals surface area contributed by atoms with Gasteiger partial charge in [0, 0.05) is 11.6 Å². The molecule has 0 spiro atoms. The molecule has 0 saturated heterocycles. The molecule has 0 N–H and O–H groups in total. The van der Waals surface area contributed by atoms with Crippen molar-refractivity contribution in [3.05, 3.63) is 34.6 Å². The van der Waals surface area contributed by atoms with Crippen LogP contribution >= 0.6 is 0 Å². The fourth-order valence-corrected chi connectivity index (χ4v) is 2.96. The van der Waals surface area contributed by atoms with Crippen LogP contribution < -0.4 is 51.4 Å². The molecule has 2 rings (SSSR count). The van der Waals surface area contributed by atoms with E-state index in [1.54, 1.807) is 32.0 Å². The largest absolute Gasteiger partial charge is 1.00 e. The van der Waals surface area contributed by atoms with Crippen molar-refractivity contribution >= 4 is 21.8 Å². The monoisotopic (exact) mass is 278 g/mol. The van der Waals surface area contributed by atoms with Gasteiger partial charge in [0.15, 0.2) is 10.2 Å². The van der Waals surface area contributed by atoms with Crippen LogP contribution in [0, 0.1) is 0 Å². The molecule has 0 aliphatic carbocycles. The van der Waals surface area contributed by atoms with Gasteiger partial charge in [-0.25, -0.2) is 12.7 Å². The van der Waals surface area contributed by atoms with Crippen LogP contribution in [0.3, 0.4) is 0 Å². The van der Waals surface area contributed by atoms with Gasteiger partial charge in [-0.3, -0.25) is 4.79 Å². The van der Waals surface area contributed by atoms with Gasteiger partial charge in [-0.1, -0.05) is 24.3 Å². The molecule has 0 bridgehead atoms. The van der Waals surface area contributed by atoms with E-state index in [4.69, 9.17) is 0 Å². The molecular formula is C10H11KN2O3S. The average molecular weight is 278 g/mol. The van der Waals surface area contributed by atoms with Crippen molar-refractivity contribution in [2.75, 3.05) is 0 Å². The maximum absolute atomic E-state index is 12.0. The Balaban J connectivity index is 0.00000144. The number of nitrogens with zero attached hydrogens (tertiary/aromatic N) is 2. The van der Waals surface area contributed by atoms with Crippen LogP contribution in [0.1, 0.15) is 24.2 Å². The second-order valence-corrected chi connectivity index (χ2v) is 5.25. The minimum Gasteiger partial charge on any atom is -0.558 e. The minimum atomic E-state index is -3.88. The Kier molecular flexibility index (Phi) is 4.78. The normalized spacial score (nSPS) is 17.1. The quantitative estimate of drug-likeness (QED) is 0.606. The molecule has 5 nitrogen and oxygen atoms in total. The summed E-state index contributed by atoms with van der Waals surface area (Å²) < 4.78 is 27.9. The topological polar surface area (TPSA) is 68.6 Å². The van der Waals surface area contributed by atoms with Gasteiger partial charge in [-0.2, -0.15) is 0 Å². The molecule has 17 heavy (non-hydrogen) atoms. The van der Waals surface area contributed by atoms with Gasteiger partial charge >= 0.3 is 51.4 Å². The zero-order chi connectivity index (χ0) is 11.9. The Morgan fingerprint density at radius 1 is 1.24 bits per heavy atom. The predicted octanol–water partition coefficient (Wildman–Crippen LogP) is -1.20. The summed E-state index contributed by atoms with van der Waals surface area (Å²) >= 11 is 0. The van der Waals surface area contributed by atoms with Gasteiger partial charge in [0.05, 0.1) is 0 Å². The number of rotatable bonds is 1. The fraction of sp³-hybridized carbons (Fsp3) is 0.300. The molecule has 86 valence electrons. The standard InChI is InChI=1S/C10H12N2O3S.K/c1-7(2)12-10(13)8-5-3-4-6-9(8)11-16(12,14)15;/h3-7H,1-2H3,(H,11,13);/q;+1/p-1. The molecule has 0 radical (unpaired) electrons. The molecule has 1 aliphatic heterocycles. The van der Waals surface area contributed by atoms with Gasteiger partial charge in [0.1, 0.15) is 0 Å². The van der Waals surface area contributed by atoms with E-state index in [1.165, 1.54) is 6.07 Å². The first-order valence-electron chi connectivity index (χ1n) is 4.84. The molecule has 0 aromatic heterocycles. The van der Waals surface area contributed by atoms with Crippen LogP contribution in [0.15, 0.2) is 24.3 Å². The number of hydrogen-bond acceptors (Lipinski definition) is 3. The van der Waals surface area contributed by atoms with Crippen LogP contribution in [0.5, 0.6) is 0 Å². The van der Waals surface area contributed by atoms with Crippen LogP contribution in [0.25, 0.3) is 4.72 Å². The molecule has 1 aliphatic rings. The van der Waals surface area contributed by atoms with Crippen LogP contribution in [0.2, 0.25) is 0 Å². The summed E-state index contributed by atoms with van der Waals surface area (Å²) in [6.45, 7) is 3.28. The third kappa shape index (κ3) is 2.74. The van der Waals surface area contributed by atoms with Gasteiger partial charge in [0.2, 0.25) is 0 Å². The Morgan fingerprint density at radius 3 is 2.41 bits per heavy atom. The van der Waals surface area contributed by atoms with E-state index in [9.17, 15) is 13.2 Å². The van der Waals surface area contributed by atoms with Crippen molar-refractivity contribution in [3.8, 4) is 0 Å². The summed E-state index contributed by atoms with van der Waals surface area (Å²) in [6.07, 6.45) is 0. The average Bonchev–Trinajstić information content (AvgIpc) is 2.15. The van der Waals surface area contributed by atoms with E-state index in [0.29, 0.717) is 5.56 Å². The number of fused-ring (bicyclic) bond motifs is 1. The molecule has 0 saturated carbocycles. The van der Waals surface area contributed by atoms with E-state index in [2.05, 4.69) is 4.72 Å². The zero-order valence-electron chi connectivity index (χ0n) is 9.91. The van der Waals surface area contributed by atoms with E-state index >= 15 is 0 Å². The number of amides is 1.